The van der Waals surface area contributed by atoms with E-state index in [0.717, 1.165) is 48.1 Å². The molecule has 0 radical (unpaired) electrons. The number of aromatic nitrogens is 3. The van der Waals surface area contributed by atoms with Crippen LogP contribution in [0.4, 0.5) is 0 Å². The van der Waals surface area contributed by atoms with E-state index in [4.69, 9.17) is 0 Å². The summed E-state index contributed by atoms with van der Waals surface area (Å²) in [6.45, 7) is 5.42. The van der Waals surface area contributed by atoms with Gasteiger partial charge in [0, 0.05) is 35.9 Å². The fraction of sp³-hybridized carbons (Fsp3) is 0.333. The molecule has 0 amide bonds. The Labute approximate surface area is 188 Å². The minimum Gasteiger partial charge on any atom is -0.299 e. The molecule has 3 heterocycles. The molecule has 32 heavy (non-hydrogen) atoms. The summed E-state index contributed by atoms with van der Waals surface area (Å²) in [7, 11) is 0. The molecule has 0 N–H and O–H groups in total. The Morgan fingerprint density at radius 2 is 1.81 bits per heavy atom. The monoisotopic (exact) mass is 426 g/mol. The van der Waals surface area contributed by atoms with Crippen LogP contribution in [-0.2, 0) is 19.4 Å². The lowest BCUT2D eigenvalue weighted by molar-refractivity contribution is 0.255. The number of hydrogen-bond donors (Lipinski definition) is 0. The highest BCUT2D eigenvalue weighted by molar-refractivity contribution is 5.80. The molecule has 2 aromatic carbocycles. The van der Waals surface area contributed by atoms with Crippen LogP contribution in [0.2, 0.25) is 0 Å². The smallest absolute Gasteiger partial charge is 0.255 e. The second-order valence-electron chi connectivity index (χ2n) is 8.87. The maximum atomic E-state index is 12.8. The third-order valence-electron chi connectivity index (χ3n) is 6.72. The van der Waals surface area contributed by atoms with E-state index >= 15 is 0 Å². The molecule has 1 saturated heterocycles. The number of hydrogen-bond acceptors (Lipinski definition) is 3. The van der Waals surface area contributed by atoms with Crippen molar-refractivity contribution in [2.24, 2.45) is 0 Å². The van der Waals surface area contributed by atoms with Crippen molar-refractivity contribution in [3.63, 3.8) is 0 Å². The molecule has 0 saturated carbocycles. The molecule has 5 rings (SSSR count). The lowest BCUT2D eigenvalue weighted by Gasteiger charge is -2.20. The Kier molecular flexibility index (Phi) is 5.91. The molecule has 1 aliphatic rings. The van der Waals surface area contributed by atoms with Crippen LogP contribution < -0.4 is 5.56 Å². The molecule has 5 heteroatoms. The molecular weight excluding hydrogens is 396 g/mol. The van der Waals surface area contributed by atoms with E-state index in [-0.39, 0.29) is 5.56 Å². The molecule has 0 bridgehead atoms. The molecule has 164 valence electrons. The van der Waals surface area contributed by atoms with Gasteiger partial charge in [-0.05, 0) is 74.5 Å². The quantitative estimate of drug-likeness (QED) is 0.438. The maximum absolute atomic E-state index is 12.8. The maximum Gasteiger partial charge on any atom is 0.255 e. The number of fused-ring (bicyclic) bond motifs is 1. The van der Waals surface area contributed by atoms with E-state index in [1.54, 1.807) is 10.6 Å². The zero-order valence-electron chi connectivity index (χ0n) is 18.7. The Morgan fingerprint density at radius 3 is 2.59 bits per heavy atom. The zero-order valence-corrected chi connectivity index (χ0v) is 18.7. The first-order chi connectivity index (χ1) is 15.7. The van der Waals surface area contributed by atoms with Gasteiger partial charge in [-0.3, -0.25) is 18.9 Å². The highest BCUT2D eigenvalue weighted by Gasteiger charge is 2.19. The van der Waals surface area contributed by atoms with Crippen LogP contribution in [-0.4, -0.2) is 38.4 Å². The first-order valence-corrected chi connectivity index (χ1v) is 11.6. The van der Waals surface area contributed by atoms with E-state index in [1.165, 1.54) is 24.9 Å². The molecule has 1 aliphatic heterocycles. The summed E-state index contributed by atoms with van der Waals surface area (Å²) >= 11 is 0. The number of nitrogens with zero attached hydrogens (tertiary/aromatic N) is 4. The molecule has 5 nitrogen and oxygen atoms in total. The fourth-order valence-corrected chi connectivity index (χ4v) is 4.77. The highest BCUT2D eigenvalue weighted by atomic mass is 16.1. The number of benzene rings is 2. The van der Waals surface area contributed by atoms with Crippen molar-refractivity contribution in [3.05, 3.63) is 94.5 Å². The number of aryl methyl sites for hydroxylation is 2. The van der Waals surface area contributed by atoms with Crippen molar-refractivity contribution in [3.8, 4) is 5.69 Å². The van der Waals surface area contributed by atoms with Crippen molar-refractivity contribution in [1.82, 2.24) is 19.2 Å². The highest BCUT2D eigenvalue weighted by Crippen LogP contribution is 2.20. The first-order valence-electron chi connectivity index (χ1n) is 11.6. The van der Waals surface area contributed by atoms with Crippen LogP contribution in [0.15, 0.2) is 77.9 Å². The van der Waals surface area contributed by atoms with Gasteiger partial charge in [-0.2, -0.15) is 5.10 Å². The van der Waals surface area contributed by atoms with Crippen molar-refractivity contribution in [2.75, 3.05) is 13.1 Å². The lowest BCUT2D eigenvalue weighted by Crippen LogP contribution is -2.30. The molecule has 1 fully saturated rings. The van der Waals surface area contributed by atoms with Crippen LogP contribution in [0.1, 0.15) is 30.9 Å². The Hall–Kier alpha value is -3.18. The SMILES string of the molecule is CC1CCCN1CCn1ncc2cc(-n3ccc(CCc4ccccc4)cc3=O)ccc21. The predicted molar refractivity (Wildman–Crippen MR) is 129 cm³/mol. The summed E-state index contributed by atoms with van der Waals surface area (Å²) in [6.07, 6.45) is 8.19. The number of likely N-dealkylation sites (tertiary alicyclic amines) is 1. The Bertz CT molecular complexity index is 1260. The molecule has 4 aromatic rings. The average molecular weight is 427 g/mol. The van der Waals surface area contributed by atoms with Crippen molar-refractivity contribution < 1.29 is 0 Å². The molecule has 2 aromatic heterocycles. The summed E-state index contributed by atoms with van der Waals surface area (Å²) < 4.78 is 3.80. The van der Waals surface area contributed by atoms with Crippen LogP contribution in [0.25, 0.3) is 16.6 Å². The number of rotatable bonds is 7. The molecule has 1 unspecified atom stereocenters. The molecule has 0 aliphatic carbocycles. The summed E-state index contributed by atoms with van der Waals surface area (Å²) in [5.74, 6) is 0. The van der Waals surface area contributed by atoms with Crippen LogP contribution >= 0.6 is 0 Å². The standard InChI is InChI=1S/C27H30N4O/c1-21-6-5-14-29(21)16-17-31-26-12-11-25(19-24(26)20-28-31)30-15-13-23(18-27(30)32)10-9-22-7-3-2-4-8-22/h2-4,7-8,11-13,15,18-21H,5-6,9-10,14,16-17H2,1H3. The lowest BCUT2D eigenvalue weighted by atomic mass is 10.1. The minimum atomic E-state index is 0.00493. The van der Waals surface area contributed by atoms with Gasteiger partial charge in [0.15, 0.2) is 0 Å². The largest absolute Gasteiger partial charge is 0.299 e. The van der Waals surface area contributed by atoms with Gasteiger partial charge in [-0.15, -0.1) is 0 Å². The average Bonchev–Trinajstić information content (AvgIpc) is 3.42. The normalized spacial score (nSPS) is 16.7. The zero-order chi connectivity index (χ0) is 21.9. The van der Waals surface area contributed by atoms with Gasteiger partial charge >= 0.3 is 0 Å². The summed E-state index contributed by atoms with van der Waals surface area (Å²) in [6, 6.07) is 21.0. The van der Waals surface area contributed by atoms with Crippen LogP contribution in [0, 0.1) is 0 Å². The first kappa shape index (κ1) is 20.7. The van der Waals surface area contributed by atoms with Crippen molar-refractivity contribution >= 4 is 10.9 Å². The third kappa shape index (κ3) is 4.39. The summed E-state index contributed by atoms with van der Waals surface area (Å²) in [5.41, 5.74) is 4.36. The van der Waals surface area contributed by atoms with Gasteiger partial charge in [0.2, 0.25) is 0 Å². The van der Waals surface area contributed by atoms with Gasteiger partial charge in [-0.25, -0.2) is 0 Å². The van der Waals surface area contributed by atoms with Gasteiger partial charge in [0.25, 0.3) is 5.56 Å². The third-order valence-corrected chi connectivity index (χ3v) is 6.72. The Balaban J connectivity index is 1.30. The predicted octanol–water partition coefficient (Wildman–Crippen LogP) is 4.46. The molecule has 0 spiro atoms. The number of pyridine rings is 1. The minimum absolute atomic E-state index is 0.00493. The van der Waals surface area contributed by atoms with E-state index in [9.17, 15) is 4.79 Å². The van der Waals surface area contributed by atoms with Crippen molar-refractivity contribution in [1.29, 1.82) is 0 Å². The van der Waals surface area contributed by atoms with Gasteiger partial charge in [0.1, 0.15) is 0 Å². The molecule has 1 atom stereocenters. The second-order valence-corrected chi connectivity index (χ2v) is 8.87. The van der Waals surface area contributed by atoms with E-state index in [0.29, 0.717) is 6.04 Å². The Morgan fingerprint density at radius 1 is 0.969 bits per heavy atom. The molecular formula is C27H30N4O. The van der Waals surface area contributed by atoms with Crippen molar-refractivity contribution in [2.45, 2.75) is 45.2 Å². The van der Waals surface area contributed by atoms with Crippen LogP contribution in [0.5, 0.6) is 0 Å². The van der Waals surface area contributed by atoms with E-state index in [2.05, 4.69) is 64.1 Å². The van der Waals surface area contributed by atoms with Crippen LogP contribution in [0.3, 0.4) is 0 Å². The van der Waals surface area contributed by atoms with Gasteiger partial charge in [-0.1, -0.05) is 30.3 Å². The topological polar surface area (TPSA) is 43.1 Å². The fourth-order valence-electron chi connectivity index (χ4n) is 4.77. The summed E-state index contributed by atoms with van der Waals surface area (Å²) in [5, 5.41) is 5.68. The second kappa shape index (κ2) is 9.13. The van der Waals surface area contributed by atoms with Gasteiger partial charge < -0.3 is 0 Å². The van der Waals surface area contributed by atoms with E-state index in [1.807, 2.05) is 24.5 Å². The van der Waals surface area contributed by atoms with E-state index < -0.39 is 0 Å². The van der Waals surface area contributed by atoms with Gasteiger partial charge in [0.05, 0.1) is 18.3 Å². The summed E-state index contributed by atoms with van der Waals surface area (Å²) in [4.78, 5) is 15.4.